The fraction of sp³-hybridized carbons (Fsp3) is 0.197. The molecule has 6 aromatic rings. The smallest absolute Gasteiger partial charge is 0.428 e. The number of amides is 2. The van der Waals surface area contributed by atoms with Crippen LogP contribution in [0.1, 0.15) is 61.9 Å². The van der Waals surface area contributed by atoms with Crippen molar-refractivity contribution in [3.05, 3.63) is 226 Å². The van der Waals surface area contributed by atoms with Crippen molar-refractivity contribution >= 4 is 153 Å². The van der Waals surface area contributed by atoms with Crippen molar-refractivity contribution in [1.29, 1.82) is 0 Å². The highest BCUT2D eigenvalue weighted by Crippen LogP contribution is 2.52. The SMILES string of the molecule is C=CC[N+]1=C(/C=C2/SC(c3ccccc3)=C(c3ccccc3)N2C)S/C(=C(/C=C2/Sc3ccccc3N2CC)c2ccccc2)C1=O.CCC(/C=C1/Sc2cc(C)c(C)cc2N1CC)=c1\s/c(=C2/SC(=S)N(CC(C)=O)C2=O)n(CC(=O)O)c1=O. The lowest BCUT2D eigenvalue weighted by Gasteiger charge is -2.19. The van der Waals surface area contributed by atoms with Crippen LogP contribution in [-0.2, 0) is 25.7 Å². The Balaban J connectivity index is 0.000000194. The minimum Gasteiger partial charge on any atom is -0.480 e. The van der Waals surface area contributed by atoms with Crippen molar-refractivity contribution < 1.29 is 28.9 Å². The molecule has 12 nitrogen and oxygen atoms in total. The fourth-order valence-electron chi connectivity index (χ4n) is 10.1. The van der Waals surface area contributed by atoms with Crippen LogP contribution in [-0.4, -0.2) is 90.2 Å². The van der Waals surface area contributed by atoms with Crippen molar-refractivity contribution in [3.63, 3.8) is 0 Å². The number of carbonyl (C=O) groups is 4. The Hall–Kier alpha value is -7.10. The average Bonchev–Trinajstić information content (AvgIpc) is 4.24. The zero-order valence-corrected chi connectivity index (χ0v) is 53.6. The summed E-state index contributed by atoms with van der Waals surface area (Å²) in [5.41, 5.74) is 10.5. The van der Waals surface area contributed by atoms with Crippen LogP contribution < -0.4 is 24.6 Å². The second kappa shape index (κ2) is 26.7. The number of Topliss-reactive ketones (excluding diaryl/α,β-unsaturated/α-hetero) is 1. The lowest BCUT2D eigenvalue weighted by atomic mass is 10.0. The van der Waals surface area contributed by atoms with Gasteiger partial charge in [0.2, 0.25) is 0 Å². The summed E-state index contributed by atoms with van der Waals surface area (Å²) in [5, 5.41) is 13.6. The van der Waals surface area contributed by atoms with Crippen LogP contribution in [0.2, 0.25) is 0 Å². The number of aryl methyl sites for hydroxylation is 2. The van der Waals surface area contributed by atoms with Gasteiger partial charge in [0, 0.05) is 46.5 Å². The molecule has 0 atom stereocenters. The number of rotatable bonds is 15. The van der Waals surface area contributed by atoms with Crippen molar-refractivity contribution in [2.45, 2.75) is 64.3 Å². The van der Waals surface area contributed by atoms with E-state index >= 15 is 0 Å². The lowest BCUT2D eigenvalue weighted by molar-refractivity contribution is -0.428. The summed E-state index contributed by atoms with van der Waals surface area (Å²) in [6.45, 7) is 17.0. The van der Waals surface area contributed by atoms with Gasteiger partial charge >= 0.3 is 11.9 Å². The lowest BCUT2D eigenvalue weighted by Crippen LogP contribution is -2.36. The van der Waals surface area contributed by atoms with Gasteiger partial charge in [0.15, 0.2) is 6.54 Å². The number of aliphatic carboxylic acids is 1. The summed E-state index contributed by atoms with van der Waals surface area (Å²) in [6.07, 6.45) is 8.69. The molecule has 5 aromatic carbocycles. The van der Waals surface area contributed by atoms with Gasteiger partial charge in [-0.2, -0.15) is 0 Å². The van der Waals surface area contributed by atoms with Gasteiger partial charge in [0.25, 0.3) is 16.5 Å². The Bertz CT molecular complexity index is 4140. The number of aromatic nitrogens is 1. The number of thiocarbonyl (C=S) groups is 1. The topological polar surface area (TPSA) is 126 Å². The van der Waals surface area contributed by atoms with Crippen LogP contribution in [0, 0.1) is 13.8 Å². The maximum Gasteiger partial charge on any atom is 0.428 e. The monoisotopic (exact) mass is 1260 g/mol. The zero-order valence-electron chi connectivity index (χ0n) is 47.9. The van der Waals surface area contributed by atoms with Gasteiger partial charge in [-0.05, 0) is 129 Å². The summed E-state index contributed by atoms with van der Waals surface area (Å²) >= 11 is 14.1. The Morgan fingerprint density at radius 3 is 1.94 bits per heavy atom. The number of hydrogen-bond acceptors (Lipinski definition) is 15. The first-order valence-corrected chi connectivity index (χ1v) is 32.9. The molecule has 6 heterocycles. The first-order valence-electron chi connectivity index (χ1n) is 27.6. The van der Waals surface area contributed by atoms with Crippen molar-refractivity contribution in [2.24, 2.45) is 0 Å². The molecule has 1 saturated heterocycles. The van der Waals surface area contributed by atoms with Crippen LogP contribution in [0.25, 0.3) is 26.7 Å². The highest BCUT2D eigenvalue weighted by atomic mass is 32.2. The van der Waals surface area contributed by atoms with Crippen LogP contribution in [0.5, 0.6) is 0 Å². The van der Waals surface area contributed by atoms with Gasteiger partial charge in [-0.15, -0.1) is 15.9 Å². The van der Waals surface area contributed by atoms with E-state index in [0.29, 0.717) is 17.5 Å². The standard InChI is InChI=1S/C40H34N3OS3.C26H27N3O5S4/c1-4-25-43-36(27-34-41(3)37(29-19-11-7-12-20-29)38(46-34)30-21-13-8-14-22-30)47-39(40(43)44)31(28-17-9-6-10-18-28)26-35-42(5-2)32-23-15-16-24-33(32)45-35;1-6-16(10-19-27(7-2)17-8-13(3)14(4)9-18(17)36-19)21-23(33)28(12-20(31)32)25(37-21)22-24(34)29(11-15(5)30)26(35)38-22/h4,6-24,26-27H,1,5,25H2,2-3H3;8-10H,6-7,11-12H2,1-5H3,(H,31,32)/q+1;/b35-26+,39-31-;19-10+,21-16+,25-22+. The minimum atomic E-state index is -1.20. The molecule has 432 valence electrons. The molecule has 0 radical (unpaired) electrons. The Labute approximate surface area is 525 Å². The molecule has 85 heavy (non-hydrogen) atoms. The molecular formula is C66H61N6O6S7+. The number of benzene rings is 5. The molecule has 0 bridgehead atoms. The van der Waals surface area contributed by atoms with Gasteiger partial charge in [-0.3, -0.25) is 28.6 Å². The Morgan fingerprint density at radius 1 is 0.682 bits per heavy atom. The maximum atomic E-state index is 14.4. The molecule has 1 N–H and O–H groups in total. The molecule has 0 aliphatic carbocycles. The third kappa shape index (κ3) is 12.6. The van der Waals surface area contributed by atoms with Crippen molar-refractivity contribution in [3.8, 4) is 0 Å². The van der Waals surface area contributed by atoms with E-state index in [1.807, 2.05) is 47.9 Å². The molecule has 2 amide bonds. The number of carboxylic acid groups (broad SMARTS) is 1. The number of carboxylic acids is 1. The van der Waals surface area contributed by atoms with E-state index in [4.69, 9.17) is 12.2 Å². The van der Waals surface area contributed by atoms with Gasteiger partial charge in [0.1, 0.15) is 31.1 Å². The summed E-state index contributed by atoms with van der Waals surface area (Å²) in [4.78, 5) is 76.8. The summed E-state index contributed by atoms with van der Waals surface area (Å²) in [7, 11) is 2.11. The van der Waals surface area contributed by atoms with Gasteiger partial charge < -0.3 is 19.8 Å². The number of allylic oxidation sites excluding steroid dienone is 3. The first kappa shape index (κ1) is 61.0. The molecule has 1 aromatic heterocycles. The normalized spacial score (nSPS) is 18.8. The van der Waals surface area contributed by atoms with E-state index in [9.17, 15) is 29.1 Å². The first-order chi connectivity index (χ1) is 41.0. The number of anilines is 2. The van der Waals surface area contributed by atoms with E-state index in [1.54, 1.807) is 53.1 Å². The molecule has 0 unspecified atom stereocenters. The largest absolute Gasteiger partial charge is 0.480 e. The summed E-state index contributed by atoms with van der Waals surface area (Å²) < 4.78 is 3.80. The van der Waals surface area contributed by atoms with Gasteiger partial charge in [-0.1, -0.05) is 176 Å². The van der Waals surface area contributed by atoms with Crippen LogP contribution in [0.3, 0.4) is 0 Å². The predicted molar refractivity (Wildman–Crippen MR) is 361 cm³/mol. The molecule has 5 aliphatic heterocycles. The summed E-state index contributed by atoms with van der Waals surface area (Å²) in [5.74, 6) is -1.93. The Morgan fingerprint density at radius 2 is 1.29 bits per heavy atom. The number of fused-ring (bicyclic) bond motifs is 2. The molecule has 5 aliphatic rings. The van der Waals surface area contributed by atoms with Gasteiger partial charge in [-0.25, -0.2) is 4.79 Å². The molecule has 11 rings (SSSR count). The van der Waals surface area contributed by atoms with Crippen molar-refractivity contribution in [1.82, 2.24) is 14.4 Å². The average molecular weight is 1260 g/mol. The quantitative estimate of drug-likeness (QED) is 0.0453. The Kier molecular flexibility index (Phi) is 19.1. The zero-order chi connectivity index (χ0) is 60.2. The molecule has 1 fully saturated rings. The third-order valence-corrected chi connectivity index (χ3v) is 21.8. The number of thioether (sulfide) groups is 5. The number of para-hydroxylation sites is 1. The van der Waals surface area contributed by atoms with E-state index in [1.165, 1.54) is 44.0 Å². The summed E-state index contributed by atoms with van der Waals surface area (Å²) in [6, 6.07) is 44.1. The highest BCUT2D eigenvalue weighted by Gasteiger charge is 2.41. The van der Waals surface area contributed by atoms with Gasteiger partial charge in [0.05, 0.1) is 43.2 Å². The molecule has 19 heteroatoms. The maximum absolute atomic E-state index is 14.4. The number of nitrogens with zero attached hydrogens (tertiary/aromatic N) is 6. The highest BCUT2D eigenvalue weighted by molar-refractivity contribution is 8.30. The number of thiazole rings is 1. The van der Waals surface area contributed by atoms with E-state index < -0.39 is 24.0 Å². The van der Waals surface area contributed by atoms with Crippen LogP contribution >= 0.6 is 82.4 Å². The number of ketones is 1. The minimum absolute atomic E-state index is 0.00816. The molecule has 0 saturated carbocycles. The fourth-order valence-corrected chi connectivity index (χ4v) is 17.6. The van der Waals surface area contributed by atoms with E-state index in [-0.39, 0.29) is 32.1 Å². The molecular weight excluding hydrogens is 1200 g/mol. The van der Waals surface area contributed by atoms with E-state index in [2.05, 4.69) is 165 Å². The van der Waals surface area contributed by atoms with E-state index in [0.717, 1.165) is 104 Å². The predicted octanol–water partition coefficient (Wildman–Crippen LogP) is 13.0. The second-order valence-electron chi connectivity index (χ2n) is 20.0. The number of hydrogen-bond donors (Lipinski definition) is 1. The molecule has 0 spiro atoms. The van der Waals surface area contributed by atoms with Crippen LogP contribution in [0.15, 0.2) is 193 Å². The third-order valence-electron chi connectivity index (χ3n) is 14.4. The number of carbonyl (C=O) groups excluding carboxylic acids is 3. The van der Waals surface area contributed by atoms with Crippen LogP contribution in [0.4, 0.5) is 11.4 Å². The van der Waals surface area contributed by atoms with Crippen molar-refractivity contribution in [2.75, 3.05) is 43.0 Å². The second-order valence-corrected chi connectivity index (χ2v) is 26.9.